The molecule has 7 heteroatoms. The molecule has 0 bridgehead atoms. The van der Waals surface area contributed by atoms with Crippen LogP contribution in [-0.2, 0) is 0 Å². The highest BCUT2D eigenvalue weighted by Crippen LogP contribution is 2.40. The van der Waals surface area contributed by atoms with Gasteiger partial charge in [-0.2, -0.15) is 0 Å². The first-order valence-electron chi connectivity index (χ1n) is 9.54. The Balaban J connectivity index is 1.25. The molecular weight excluding hydrogens is 376 g/mol. The lowest BCUT2D eigenvalue weighted by molar-refractivity contribution is 0.189. The summed E-state index contributed by atoms with van der Waals surface area (Å²) < 4.78 is 16.5. The second-order valence-corrected chi connectivity index (χ2v) is 8.36. The minimum absolute atomic E-state index is 0.0745. The second-order valence-electron chi connectivity index (χ2n) is 7.39. The molecule has 0 spiro atoms. The predicted molar refractivity (Wildman–Crippen MR) is 108 cm³/mol. The third kappa shape index (κ3) is 4.31. The molecule has 2 aromatic rings. The normalized spacial score (nSPS) is 24.1. The van der Waals surface area contributed by atoms with Crippen molar-refractivity contribution in [2.75, 3.05) is 33.2 Å². The van der Waals surface area contributed by atoms with Gasteiger partial charge in [-0.1, -0.05) is 11.8 Å². The largest absolute Gasteiger partial charge is 0.503 e. The van der Waals surface area contributed by atoms with Gasteiger partial charge in [0, 0.05) is 13.1 Å². The van der Waals surface area contributed by atoms with Gasteiger partial charge < -0.3 is 19.3 Å². The van der Waals surface area contributed by atoms with Gasteiger partial charge in [0.05, 0.1) is 26.2 Å². The monoisotopic (exact) mass is 402 g/mol. The highest BCUT2D eigenvalue weighted by atomic mass is 32.2. The first-order chi connectivity index (χ1) is 13.6. The maximum absolute atomic E-state index is 9.66. The zero-order valence-electron chi connectivity index (χ0n) is 16.2. The molecule has 1 aromatic carbocycles. The molecule has 4 rings (SSSR count). The van der Waals surface area contributed by atoms with Crippen LogP contribution in [0.25, 0.3) is 0 Å². The molecule has 28 heavy (non-hydrogen) atoms. The molecule has 0 unspecified atom stereocenters. The van der Waals surface area contributed by atoms with E-state index in [4.69, 9.17) is 14.2 Å². The molecule has 0 amide bonds. The topological polar surface area (TPSA) is 64.1 Å². The van der Waals surface area contributed by atoms with Crippen LogP contribution in [0.3, 0.4) is 0 Å². The first kappa shape index (κ1) is 19.2. The van der Waals surface area contributed by atoms with Crippen molar-refractivity contribution >= 4 is 11.8 Å². The number of rotatable bonds is 7. The lowest BCUT2D eigenvalue weighted by atomic mass is 10.0. The summed E-state index contributed by atoms with van der Waals surface area (Å²) >= 11 is 1.68. The zero-order valence-corrected chi connectivity index (χ0v) is 17.0. The molecule has 1 aromatic heterocycles. The summed E-state index contributed by atoms with van der Waals surface area (Å²) in [6.45, 7) is 2.21. The van der Waals surface area contributed by atoms with Crippen molar-refractivity contribution in [2.24, 2.45) is 11.8 Å². The Hall–Kier alpha value is -2.12. The number of ether oxygens (including phenoxy) is 3. The molecule has 1 saturated heterocycles. The third-order valence-corrected chi connectivity index (χ3v) is 6.57. The maximum atomic E-state index is 9.66. The van der Waals surface area contributed by atoms with Crippen LogP contribution in [0.2, 0.25) is 0 Å². The van der Waals surface area contributed by atoms with Crippen LogP contribution in [0.4, 0.5) is 0 Å². The lowest BCUT2D eigenvalue weighted by Crippen LogP contribution is -2.24. The highest BCUT2D eigenvalue weighted by molar-refractivity contribution is 7.99. The summed E-state index contributed by atoms with van der Waals surface area (Å²) in [5.41, 5.74) is 0. The van der Waals surface area contributed by atoms with Crippen LogP contribution in [0.5, 0.6) is 23.1 Å². The Morgan fingerprint density at radius 3 is 2.32 bits per heavy atom. The van der Waals surface area contributed by atoms with Gasteiger partial charge in [0.2, 0.25) is 0 Å². The fourth-order valence-electron chi connectivity index (χ4n) is 4.19. The van der Waals surface area contributed by atoms with Crippen LogP contribution in [0.15, 0.2) is 41.4 Å². The number of fused-ring (bicyclic) bond motifs is 1. The van der Waals surface area contributed by atoms with Gasteiger partial charge in [-0.3, -0.25) is 4.90 Å². The van der Waals surface area contributed by atoms with E-state index in [1.807, 2.05) is 30.3 Å². The number of methoxy groups -OCH3 is 2. The number of aromatic hydroxyl groups is 1. The summed E-state index contributed by atoms with van der Waals surface area (Å²) in [6.07, 6.45) is 2.54. The van der Waals surface area contributed by atoms with Crippen molar-refractivity contribution in [2.45, 2.75) is 24.0 Å². The Morgan fingerprint density at radius 2 is 1.68 bits per heavy atom. The van der Waals surface area contributed by atoms with Crippen LogP contribution >= 0.6 is 11.8 Å². The predicted octanol–water partition coefficient (Wildman–Crippen LogP) is 3.64. The summed E-state index contributed by atoms with van der Waals surface area (Å²) in [5.74, 6) is 4.43. The number of likely N-dealkylation sites (tertiary alicyclic amines) is 1. The molecule has 2 heterocycles. The lowest BCUT2D eigenvalue weighted by Gasteiger charge is -2.19. The van der Waals surface area contributed by atoms with Gasteiger partial charge in [0.1, 0.15) is 16.5 Å². The van der Waals surface area contributed by atoms with Gasteiger partial charge in [-0.05, 0) is 61.1 Å². The van der Waals surface area contributed by atoms with E-state index in [9.17, 15) is 5.11 Å². The Labute approximate surface area is 169 Å². The van der Waals surface area contributed by atoms with E-state index in [-0.39, 0.29) is 11.6 Å². The van der Waals surface area contributed by atoms with E-state index < -0.39 is 0 Å². The number of aromatic nitrogens is 1. The number of benzene rings is 1. The minimum atomic E-state index is 0.0745. The number of nitrogens with zero attached hydrogens (tertiary/aromatic N) is 2. The fraction of sp³-hybridized carbons (Fsp3) is 0.476. The van der Waals surface area contributed by atoms with E-state index >= 15 is 0 Å². The van der Waals surface area contributed by atoms with Crippen molar-refractivity contribution in [3.05, 3.63) is 36.4 Å². The molecule has 2 fully saturated rings. The Bertz CT molecular complexity index is 787. The van der Waals surface area contributed by atoms with E-state index in [1.165, 1.54) is 7.11 Å². The summed E-state index contributed by atoms with van der Waals surface area (Å²) in [7, 11) is 3.19. The summed E-state index contributed by atoms with van der Waals surface area (Å²) in [6, 6.07) is 11.3. The van der Waals surface area contributed by atoms with E-state index in [2.05, 4.69) is 9.88 Å². The Kier molecular flexibility index (Phi) is 5.82. The second kappa shape index (κ2) is 8.49. The van der Waals surface area contributed by atoms with Crippen molar-refractivity contribution in [3.63, 3.8) is 0 Å². The van der Waals surface area contributed by atoms with E-state index in [1.54, 1.807) is 24.9 Å². The van der Waals surface area contributed by atoms with Crippen molar-refractivity contribution in [3.8, 4) is 23.1 Å². The standard InChI is InChI=1S/C21H26N2O4S/c1-25-16-3-5-17(6-4-16)27-18-9-14-11-23(12-15(14)10-18)13-28-20-8-7-19(24)21(22-20)26-2/h3-8,14-15,18,24H,9-13H2,1-2H3/t14-,15+,18+. The molecule has 1 aliphatic heterocycles. The van der Waals surface area contributed by atoms with Gasteiger partial charge in [-0.15, -0.1) is 0 Å². The number of thioether (sulfide) groups is 1. The maximum Gasteiger partial charge on any atom is 0.257 e. The minimum Gasteiger partial charge on any atom is -0.503 e. The average Bonchev–Trinajstić information content (AvgIpc) is 3.26. The molecular formula is C21H26N2O4S. The molecule has 1 N–H and O–H groups in total. The molecule has 6 nitrogen and oxygen atoms in total. The van der Waals surface area contributed by atoms with Crippen molar-refractivity contribution in [1.29, 1.82) is 0 Å². The smallest absolute Gasteiger partial charge is 0.257 e. The third-order valence-electron chi connectivity index (χ3n) is 5.55. The first-order valence-corrected chi connectivity index (χ1v) is 10.5. The van der Waals surface area contributed by atoms with Crippen molar-refractivity contribution < 1.29 is 19.3 Å². The molecule has 1 aliphatic carbocycles. The summed E-state index contributed by atoms with van der Waals surface area (Å²) in [4.78, 5) is 6.82. The van der Waals surface area contributed by atoms with Gasteiger partial charge >= 0.3 is 0 Å². The van der Waals surface area contributed by atoms with Crippen LogP contribution in [0, 0.1) is 11.8 Å². The van der Waals surface area contributed by atoms with Crippen molar-refractivity contribution in [1.82, 2.24) is 9.88 Å². The molecule has 3 atom stereocenters. The molecule has 150 valence electrons. The zero-order chi connectivity index (χ0) is 19.5. The summed E-state index contributed by atoms with van der Waals surface area (Å²) in [5, 5.41) is 10.5. The Morgan fingerprint density at radius 1 is 1.00 bits per heavy atom. The van der Waals surface area contributed by atoms with Crippen LogP contribution < -0.4 is 14.2 Å². The highest BCUT2D eigenvalue weighted by Gasteiger charge is 2.41. The fourth-order valence-corrected chi connectivity index (χ4v) is 5.03. The van der Waals surface area contributed by atoms with E-state index in [0.29, 0.717) is 17.9 Å². The molecule has 2 aliphatic rings. The number of pyridine rings is 1. The number of hydrogen-bond donors (Lipinski definition) is 1. The molecule has 1 saturated carbocycles. The van der Waals surface area contributed by atoms with Gasteiger partial charge in [0.25, 0.3) is 5.88 Å². The quantitative estimate of drug-likeness (QED) is 0.709. The number of hydrogen-bond acceptors (Lipinski definition) is 7. The van der Waals surface area contributed by atoms with Crippen LogP contribution in [-0.4, -0.2) is 54.3 Å². The molecule has 0 radical (unpaired) electrons. The van der Waals surface area contributed by atoms with Gasteiger partial charge in [0.15, 0.2) is 5.75 Å². The van der Waals surface area contributed by atoms with E-state index in [0.717, 1.165) is 48.3 Å². The van der Waals surface area contributed by atoms with Gasteiger partial charge in [-0.25, -0.2) is 4.98 Å². The average molecular weight is 403 g/mol. The van der Waals surface area contributed by atoms with Crippen LogP contribution in [0.1, 0.15) is 12.8 Å². The SMILES string of the molecule is COc1ccc(O[C@H]2C[C@@H]3CN(CSc4ccc(O)c(OC)n4)C[C@@H]3C2)cc1.